The topological polar surface area (TPSA) is 29.5 Å². The van der Waals surface area contributed by atoms with Gasteiger partial charge in [0.1, 0.15) is 6.10 Å². The SMILES string of the molecule is C/C=C/[C@H]1C[C@@H](O)C2=C(CCC2)O1. The normalized spacial score (nSPS) is 33.7. The molecule has 0 fully saturated rings. The van der Waals surface area contributed by atoms with Crippen molar-refractivity contribution in [3.63, 3.8) is 0 Å². The second-order valence-electron chi connectivity index (χ2n) is 3.74. The number of aliphatic hydroxyl groups excluding tert-OH is 1. The molecule has 0 amide bonds. The first-order valence-corrected chi connectivity index (χ1v) is 5.00. The molecule has 0 saturated heterocycles. The summed E-state index contributed by atoms with van der Waals surface area (Å²) in [5.74, 6) is 1.06. The molecular formula is C11H16O2. The first-order chi connectivity index (χ1) is 6.31. The van der Waals surface area contributed by atoms with Gasteiger partial charge in [0.25, 0.3) is 0 Å². The summed E-state index contributed by atoms with van der Waals surface area (Å²) in [6.07, 6.45) is 7.75. The zero-order valence-electron chi connectivity index (χ0n) is 7.99. The molecule has 2 heteroatoms. The quantitative estimate of drug-likeness (QED) is 0.626. The van der Waals surface area contributed by atoms with Crippen molar-refractivity contribution in [1.29, 1.82) is 0 Å². The van der Waals surface area contributed by atoms with Gasteiger partial charge < -0.3 is 9.84 Å². The Morgan fingerprint density at radius 3 is 3.08 bits per heavy atom. The molecule has 1 aliphatic carbocycles. The Morgan fingerprint density at radius 1 is 1.46 bits per heavy atom. The average Bonchev–Trinajstić information content (AvgIpc) is 2.53. The molecule has 0 unspecified atom stereocenters. The Kier molecular flexibility index (Phi) is 2.40. The first-order valence-electron chi connectivity index (χ1n) is 5.00. The largest absolute Gasteiger partial charge is 0.491 e. The lowest BCUT2D eigenvalue weighted by molar-refractivity contribution is 0.0626. The monoisotopic (exact) mass is 180 g/mol. The van der Waals surface area contributed by atoms with E-state index in [2.05, 4.69) is 0 Å². The highest BCUT2D eigenvalue weighted by molar-refractivity contribution is 5.22. The summed E-state index contributed by atoms with van der Waals surface area (Å²) >= 11 is 0. The second kappa shape index (κ2) is 3.54. The van der Waals surface area contributed by atoms with Crippen LogP contribution in [0.3, 0.4) is 0 Å². The second-order valence-corrected chi connectivity index (χ2v) is 3.74. The van der Waals surface area contributed by atoms with E-state index < -0.39 is 0 Å². The highest BCUT2D eigenvalue weighted by atomic mass is 16.5. The van der Waals surface area contributed by atoms with E-state index in [1.165, 1.54) is 0 Å². The number of rotatable bonds is 1. The lowest BCUT2D eigenvalue weighted by atomic mass is 10.00. The molecule has 0 spiro atoms. The van der Waals surface area contributed by atoms with E-state index >= 15 is 0 Å². The lowest BCUT2D eigenvalue weighted by Gasteiger charge is -2.27. The number of ether oxygens (including phenoxy) is 1. The Labute approximate surface area is 78.9 Å². The summed E-state index contributed by atoms with van der Waals surface area (Å²) in [6.45, 7) is 1.98. The van der Waals surface area contributed by atoms with E-state index in [1.54, 1.807) is 0 Å². The predicted molar refractivity (Wildman–Crippen MR) is 51.2 cm³/mol. The van der Waals surface area contributed by atoms with Crippen LogP contribution in [0.25, 0.3) is 0 Å². The van der Waals surface area contributed by atoms with E-state index in [0.29, 0.717) is 0 Å². The van der Waals surface area contributed by atoms with Crippen LogP contribution in [0, 0.1) is 0 Å². The molecular weight excluding hydrogens is 164 g/mol. The molecule has 0 aromatic rings. The molecule has 2 aliphatic rings. The van der Waals surface area contributed by atoms with Crippen molar-refractivity contribution in [2.45, 2.75) is 44.8 Å². The third kappa shape index (κ3) is 1.63. The Bertz CT molecular complexity index is 253. The third-order valence-electron chi connectivity index (χ3n) is 2.77. The molecule has 2 atom stereocenters. The molecule has 0 aromatic heterocycles. The van der Waals surface area contributed by atoms with Gasteiger partial charge >= 0.3 is 0 Å². The molecule has 2 nitrogen and oxygen atoms in total. The van der Waals surface area contributed by atoms with Gasteiger partial charge in [0, 0.05) is 12.8 Å². The third-order valence-corrected chi connectivity index (χ3v) is 2.77. The maximum Gasteiger partial charge on any atom is 0.119 e. The molecule has 0 saturated carbocycles. The van der Waals surface area contributed by atoms with Gasteiger partial charge in [-0.1, -0.05) is 6.08 Å². The van der Waals surface area contributed by atoms with Crippen molar-refractivity contribution in [2.24, 2.45) is 0 Å². The summed E-state index contributed by atoms with van der Waals surface area (Å²) in [7, 11) is 0. The molecule has 1 N–H and O–H groups in total. The fourth-order valence-electron chi connectivity index (χ4n) is 2.15. The van der Waals surface area contributed by atoms with E-state index in [1.807, 2.05) is 19.1 Å². The minimum Gasteiger partial charge on any atom is -0.491 e. The molecule has 2 rings (SSSR count). The Morgan fingerprint density at radius 2 is 2.31 bits per heavy atom. The van der Waals surface area contributed by atoms with E-state index in [-0.39, 0.29) is 12.2 Å². The zero-order chi connectivity index (χ0) is 9.26. The predicted octanol–water partition coefficient (Wildman–Crippen LogP) is 2.15. The van der Waals surface area contributed by atoms with Gasteiger partial charge in [-0.3, -0.25) is 0 Å². The van der Waals surface area contributed by atoms with Gasteiger partial charge in [-0.2, -0.15) is 0 Å². The van der Waals surface area contributed by atoms with E-state index in [0.717, 1.165) is 37.0 Å². The average molecular weight is 180 g/mol. The van der Waals surface area contributed by atoms with Crippen LogP contribution in [0.2, 0.25) is 0 Å². The van der Waals surface area contributed by atoms with Crippen LogP contribution in [0.1, 0.15) is 32.6 Å². The van der Waals surface area contributed by atoms with Gasteiger partial charge in [0.2, 0.25) is 0 Å². The van der Waals surface area contributed by atoms with Crippen molar-refractivity contribution in [3.8, 4) is 0 Å². The van der Waals surface area contributed by atoms with E-state index in [9.17, 15) is 5.11 Å². The number of aliphatic hydroxyl groups is 1. The highest BCUT2D eigenvalue weighted by Crippen LogP contribution is 2.36. The fraction of sp³-hybridized carbons (Fsp3) is 0.636. The van der Waals surface area contributed by atoms with Crippen molar-refractivity contribution >= 4 is 0 Å². The lowest BCUT2D eigenvalue weighted by Crippen LogP contribution is -2.26. The fourth-order valence-corrected chi connectivity index (χ4v) is 2.15. The van der Waals surface area contributed by atoms with Crippen molar-refractivity contribution in [2.75, 3.05) is 0 Å². The van der Waals surface area contributed by atoms with Crippen molar-refractivity contribution in [3.05, 3.63) is 23.5 Å². The van der Waals surface area contributed by atoms with Crippen molar-refractivity contribution < 1.29 is 9.84 Å². The van der Waals surface area contributed by atoms with E-state index in [4.69, 9.17) is 4.74 Å². The number of allylic oxidation sites excluding steroid dienone is 2. The van der Waals surface area contributed by atoms with Crippen LogP contribution in [0.15, 0.2) is 23.5 Å². The van der Waals surface area contributed by atoms with Gasteiger partial charge in [-0.25, -0.2) is 0 Å². The maximum atomic E-state index is 9.80. The van der Waals surface area contributed by atoms with Crippen LogP contribution >= 0.6 is 0 Å². The maximum absolute atomic E-state index is 9.80. The van der Waals surface area contributed by atoms with Gasteiger partial charge in [0.05, 0.1) is 11.9 Å². The summed E-state index contributed by atoms with van der Waals surface area (Å²) in [4.78, 5) is 0. The smallest absolute Gasteiger partial charge is 0.119 e. The number of hydrogen-bond acceptors (Lipinski definition) is 2. The molecule has 0 bridgehead atoms. The van der Waals surface area contributed by atoms with Gasteiger partial charge in [-0.05, 0) is 31.4 Å². The summed E-state index contributed by atoms with van der Waals surface area (Å²) in [5.41, 5.74) is 1.15. The van der Waals surface area contributed by atoms with Crippen LogP contribution in [-0.4, -0.2) is 17.3 Å². The molecule has 1 aliphatic heterocycles. The Hall–Kier alpha value is -0.760. The molecule has 1 heterocycles. The zero-order valence-corrected chi connectivity index (χ0v) is 7.99. The standard InChI is InChI=1S/C11H16O2/c1-2-4-8-7-10(12)9-5-3-6-11(9)13-8/h2,4,8,10,12H,3,5-7H2,1H3/b4-2+/t8-,10+/m0/s1. The minimum absolute atomic E-state index is 0.0943. The summed E-state index contributed by atoms with van der Waals surface area (Å²) < 4.78 is 5.75. The molecule has 72 valence electrons. The van der Waals surface area contributed by atoms with Gasteiger partial charge in [-0.15, -0.1) is 0 Å². The van der Waals surface area contributed by atoms with Crippen LogP contribution in [0.4, 0.5) is 0 Å². The van der Waals surface area contributed by atoms with Crippen LogP contribution < -0.4 is 0 Å². The Balaban J connectivity index is 2.13. The first kappa shape index (κ1) is 8.82. The van der Waals surface area contributed by atoms with Crippen LogP contribution in [-0.2, 0) is 4.74 Å². The summed E-state index contributed by atoms with van der Waals surface area (Å²) in [5, 5.41) is 9.80. The molecule has 0 radical (unpaired) electrons. The summed E-state index contributed by atoms with van der Waals surface area (Å²) in [6, 6.07) is 0. The van der Waals surface area contributed by atoms with Crippen LogP contribution in [0.5, 0.6) is 0 Å². The minimum atomic E-state index is -0.257. The number of hydrogen-bond donors (Lipinski definition) is 1. The molecule has 0 aromatic carbocycles. The molecule has 13 heavy (non-hydrogen) atoms. The highest BCUT2D eigenvalue weighted by Gasteiger charge is 2.30. The van der Waals surface area contributed by atoms with Gasteiger partial charge in [0.15, 0.2) is 0 Å². The van der Waals surface area contributed by atoms with Crippen molar-refractivity contribution in [1.82, 2.24) is 0 Å².